The molecule has 0 bridgehead atoms. The second kappa shape index (κ2) is 7.15. The van der Waals surface area contributed by atoms with E-state index in [1.165, 1.54) is 29.7 Å². The Hall–Kier alpha value is -0.980. The van der Waals surface area contributed by atoms with Gasteiger partial charge in [0.15, 0.2) is 0 Å². The van der Waals surface area contributed by atoms with Gasteiger partial charge in [-0.05, 0) is 63.8 Å². The molecule has 1 atom stereocenters. The Bertz CT molecular complexity index is 476. The number of benzene rings is 1. The van der Waals surface area contributed by atoms with Gasteiger partial charge in [-0.2, -0.15) is 5.26 Å². The zero-order valence-corrected chi connectivity index (χ0v) is 13.3. The number of thioether (sulfide) groups is 1. The summed E-state index contributed by atoms with van der Waals surface area (Å²) in [5.41, 5.74) is 0.996. The third-order valence-electron chi connectivity index (χ3n) is 3.68. The average molecular weight is 288 g/mol. The van der Waals surface area contributed by atoms with Gasteiger partial charge in [0.05, 0.1) is 6.07 Å². The van der Waals surface area contributed by atoms with Crippen LogP contribution in [0.15, 0.2) is 29.2 Å². The second-order valence-electron chi connectivity index (χ2n) is 5.98. The predicted octanol–water partition coefficient (Wildman–Crippen LogP) is 4.29. The highest BCUT2D eigenvalue weighted by atomic mass is 32.2. The molecule has 0 spiro atoms. The van der Waals surface area contributed by atoms with Crippen LogP contribution in [0.5, 0.6) is 0 Å². The molecule has 1 unspecified atom stereocenters. The summed E-state index contributed by atoms with van der Waals surface area (Å²) >= 11 is 1.92. The summed E-state index contributed by atoms with van der Waals surface area (Å²) in [5, 5.41) is 12.8. The molecule has 3 heteroatoms. The van der Waals surface area contributed by atoms with Gasteiger partial charge in [-0.25, -0.2) is 0 Å². The standard InChI is InChI=1S/C17H24N2S/c1-14-6-5-7-16(12-14)20-11-4-3-10-17(2,13-18)19-15-8-9-15/h5-7,12,15,19H,3-4,8-11H2,1-2H3. The molecule has 1 aliphatic rings. The largest absolute Gasteiger partial charge is 0.297 e. The molecule has 1 N–H and O–H groups in total. The minimum atomic E-state index is -0.324. The highest BCUT2D eigenvalue weighted by molar-refractivity contribution is 7.99. The fourth-order valence-corrected chi connectivity index (χ4v) is 3.34. The molecule has 1 aromatic carbocycles. The fraction of sp³-hybridized carbons (Fsp3) is 0.588. The van der Waals surface area contributed by atoms with Crippen molar-refractivity contribution in [2.75, 3.05) is 5.75 Å². The Balaban J connectivity index is 1.64. The van der Waals surface area contributed by atoms with Crippen molar-refractivity contribution in [3.8, 4) is 6.07 Å². The number of nitriles is 1. The van der Waals surface area contributed by atoms with Crippen LogP contribution in [0, 0.1) is 18.3 Å². The molecule has 1 aromatic rings. The van der Waals surface area contributed by atoms with Crippen LogP contribution in [0.25, 0.3) is 0 Å². The Labute approximate surface area is 127 Å². The lowest BCUT2D eigenvalue weighted by molar-refractivity contribution is 0.402. The molecule has 0 radical (unpaired) electrons. The molecule has 1 fully saturated rings. The van der Waals surface area contributed by atoms with Crippen molar-refractivity contribution in [3.63, 3.8) is 0 Å². The first kappa shape index (κ1) is 15.4. The van der Waals surface area contributed by atoms with E-state index >= 15 is 0 Å². The number of hydrogen-bond acceptors (Lipinski definition) is 3. The minimum Gasteiger partial charge on any atom is -0.297 e. The fourth-order valence-electron chi connectivity index (χ4n) is 2.31. The third kappa shape index (κ3) is 5.19. The van der Waals surface area contributed by atoms with Gasteiger partial charge < -0.3 is 0 Å². The van der Waals surface area contributed by atoms with Crippen molar-refractivity contribution in [2.45, 2.75) is 62.4 Å². The Morgan fingerprint density at radius 3 is 2.85 bits per heavy atom. The number of aryl methyl sites for hydroxylation is 1. The summed E-state index contributed by atoms with van der Waals surface area (Å²) in [7, 11) is 0. The molecule has 108 valence electrons. The van der Waals surface area contributed by atoms with Gasteiger partial charge in [0.1, 0.15) is 5.54 Å². The monoisotopic (exact) mass is 288 g/mol. The van der Waals surface area contributed by atoms with Crippen LogP contribution < -0.4 is 5.32 Å². The van der Waals surface area contributed by atoms with E-state index in [4.69, 9.17) is 0 Å². The Morgan fingerprint density at radius 2 is 2.20 bits per heavy atom. The van der Waals surface area contributed by atoms with Gasteiger partial charge in [-0.1, -0.05) is 17.7 Å². The van der Waals surface area contributed by atoms with E-state index in [0.717, 1.165) is 18.6 Å². The molecule has 0 heterocycles. The van der Waals surface area contributed by atoms with E-state index in [1.807, 2.05) is 18.7 Å². The predicted molar refractivity (Wildman–Crippen MR) is 85.9 cm³/mol. The van der Waals surface area contributed by atoms with E-state index in [0.29, 0.717) is 6.04 Å². The lowest BCUT2D eigenvalue weighted by Gasteiger charge is -2.23. The minimum absolute atomic E-state index is 0.324. The lowest BCUT2D eigenvalue weighted by Crippen LogP contribution is -2.42. The number of hydrogen-bond donors (Lipinski definition) is 1. The second-order valence-corrected chi connectivity index (χ2v) is 7.15. The van der Waals surface area contributed by atoms with Gasteiger partial charge in [0, 0.05) is 10.9 Å². The third-order valence-corrected chi connectivity index (χ3v) is 4.76. The first-order chi connectivity index (χ1) is 9.61. The van der Waals surface area contributed by atoms with Gasteiger partial charge in [0.2, 0.25) is 0 Å². The summed E-state index contributed by atoms with van der Waals surface area (Å²) < 4.78 is 0. The lowest BCUT2D eigenvalue weighted by atomic mass is 9.96. The average Bonchev–Trinajstić information content (AvgIpc) is 3.22. The molecule has 0 aliphatic heterocycles. The van der Waals surface area contributed by atoms with Gasteiger partial charge in [-0.3, -0.25) is 5.32 Å². The molecule has 1 aliphatic carbocycles. The van der Waals surface area contributed by atoms with Crippen LogP contribution in [0.4, 0.5) is 0 Å². The van der Waals surface area contributed by atoms with Crippen LogP contribution in [0.1, 0.15) is 44.6 Å². The maximum absolute atomic E-state index is 9.31. The van der Waals surface area contributed by atoms with Gasteiger partial charge >= 0.3 is 0 Å². The quantitative estimate of drug-likeness (QED) is 0.572. The van der Waals surface area contributed by atoms with Crippen molar-refractivity contribution < 1.29 is 0 Å². The van der Waals surface area contributed by atoms with Crippen molar-refractivity contribution in [3.05, 3.63) is 29.8 Å². The molecular formula is C17H24N2S. The molecule has 0 aromatic heterocycles. The molecule has 20 heavy (non-hydrogen) atoms. The SMILES string of the molecule is Cc1cccc(SCCCCC(C)(C#N)NC2CC2)c1. The number of rotatable bonds is 8. The Kier molecular flexibility index (Phi) is 5.51. The molecule has 2 nitrogen and oxygen atoms in total. The van der Waals surface area contributed by atoms with Crippen LogP contribution in [-0.4, -0.2) is 17.3 Å². The number of unbranched alkanes of at least 4 members (excludes halogenated alkanes) is 1. The number of nitrogens with zero attached hydrogens (tertiary/aromatic N) is 1. The van der Waals surface area contributed by atoms with Crippen molar-refractivity contribution >= 4 is 11.8 Å². The summed E-state index contributed by atoms with van der Waals surface area (Å²) in [6.07, 6.45) is 5.71. The smallest absolute Gasteiger partial charge is 0.104 e. The van der Waals surface area contributed by atoms with Gasteiger partial charge in [0.25, 0.3) is 0 Å². The first-order valence-electron chi connectivity index (χ1n) is 7.50. The molecule has 1 saturated carbocycles. The van der Waals surface area contributed by atoms with Gasteiger partial charge in [-0.15, -0.1) is 11.8 Å². The number of nitrogens with one attached hydrogen (secondary N) is 1. The van der Waals surface area contributed by atoms with E-state index < -0.39 is 0 Å². The topological polar surface area (TPSA) is 35.8 Å². The van der Waals surface area contributed by atoms with Crippen molar-refractivity contribution in [2.24, 2.45) is 0 Å². The highest BCUT2D eigenvalue weighted by Crippen LogP contribution is 2.26. The van der Waals surface area contributed by atoms with Crippen LogP contribution >= 0.6 is 11.8 Å². The summed E-state index contributed by atoms with van der Waals surface area (Å²) in [6.45, 7) is 4.17. The zero-order chi connectivity index (χ0) is 14.4. The van der Waals surface area contributed by atoms with Crippen LogP contribution in [-0.2, 0) is 0 Å². The first-order valence-corrected chi connectivity index (χ1v) is 8.48. The normalized spacial score (nSPS) is 17.4. The highest BCUT2D eigenvalue weighted by Gasteiger charge is 2.31. The summed E-state index contributed by atoms with van der Waals surface area (Å²) in [6, 6.07) is 11.7. The molecular weight excluding hydrogens is 264 g/mol. The van der Waals surface area contributed by atoms with Crippen molar-refractivity contribution in [1.82, 2.24) is 5.32 Å². The molecule has 0 amide bonds. The Morgan fingerprint density at radius 1 is 1.40 bits per heavy atom. The van der Waals surface area contributed by atoms with E-state index in [2.05, 4.69) is 42.6 Å². The van der Waals surface area contributed by atoms with E-state index in [-0.39, 0.29) is 5.54 Å². The summed E-state index contributed by atoms with van der Waals surface area (Å²) in [5.74, 6) is 1.13. The van der Waals surface area contributed by atoms with E-state index in [9.17, 15) is 5.26 Å². The zero-order valence-electron chi connectivity index (χ0n) is 12.5. The maximum Gasteiger partial charge on any atom is 0.104 e. The molecule has 2 rings (SSSR count). The molecule has 0 saturated heterocycles. The van der Waals surface area contributed by atoms with Crippen LogP contribution in [0.3, 0.4) is 0 Å². The summed E-state index contributed by atoms with van der Waals surface area (Å²) in [4.78, 5) is 1.35. The van der Waals surface area contributed by atoms with Crippen molar-refractivity contribution in [1.29, 1.82) is 5.26 Å². The van der Waals surface area contributed by atoms with E-state index in [1.54, 1.807) is 0 Å². The maximum atomic E-state index is 9.31. The van der Waals surface area contributed by atoms with Crippen LogP contribution in [0.2, 0.25) is 0 Å².